The van der Waals surface area contributed by atoms with Gasteiger partial charge in [0.05, 0.1) is 0 Å². The molecule has 0 amide bonds. The molecule has 0 heterocycles. The molecule has 17 heavy (non-hydrogen) atoms. The van der Waals surface area contributed by atoms with Crippen molar-refractivity contribution < 1.29 is 0 Å². The Morgan fingerprint density at radius 1 is 0.882 bits per heavy atom. The highest BCUT2D eigenvalue weighted by atomic mass is 31.0. The van der Waals surface area contributed by atoms with Gasteiger partial charge < -0.3 is 0 Å². The molecule has 0 aromatic carbocycles. The molecule has 0 N–H and O–H groups in total. The molecule has 1 saturated carbocycles. The smallest absolute Gasteiger partial charge is 0.00687 e. The second kappa shape index (κ2) is 5.20. The van der Waals surface area contributed by atoms with Crippen LogP contribution in [0.4, 0.5) is 0 Å². The summed E-state index contributed by atoms with van der Waals surface area (Å²) >= 11 is 0. The first-order valence-electron chi connectivity index (χ1n) is 7.38. The van der Waals surface area contributed by atoms with Crippen LogP contribution in [0.5, 0.6) is 0 Å². The first kappa shape index (κ1) is 15.5. The molecular formula is C16H33P. The second-order valence-electron chi connectivity index (χ2n) is 8.16. The zero-order valence-corrected chi connectivity index (χ0v) is 14.1. The molecule has 102 valence electrons. The third-order valence-electron chi connectivity index (χ3n) is 4.90. The molecule has 1 aliphatic rings. The normalized spacial score (nSPS) is 33.0. The molecule has 0 bridgehead atoms. The van der Waals surface area contributed by atoms with E-state index in [1.165, 1.54) is 38.5 Å². The molecule has 0 saturated heterocycles. The van der Waals surface area contributed by atoms with Gasteiger partial charge in [0.15, 0.2) is 0 Å². The Hall–Kier alpha value is 0.430. The van der Waals surface area contributed by atoms with Crippen LogP contribution in [0, 0.1) is 16.7 Å². The fourth-order valence-electron chi connectivity index (χ4n) is 3.65. The average molecular weight is 256 g/mol. The number of hydrogen-bond donors (Lipinski definition) is 0. The predicted molar refractivity (Wildman–Crippen MR) is 82.5 cm³/mol. The highest BCUT2D eigenvalue weighted by Gasteiger charge is 2.48. The molecule has 0 spiro atoms. The van der Waals surface area contributed by atoms with Gasteiger partial charge in [0.25, 0.3) is 0 Å². The summed E-state index contributed by atoms with van der Waals surface area (Å²) in [5.74, 6) is 0.820. The standard InChI is InChI=1S/C16H33P/c1-14(2,3)13-11-9-7-8-10-12-16(13,17)15(4,5)6/h13H,7-12,17H2,1-6H3. The largest absolute Gasteiger partial charge is 0.130 e. The van der Waals surface area contributed by atoms with Crippen molar-refractivity contribution in [2.75, 3.05) is 0 Å². The summed E-state index contributed by atoms with van der Waals surface area (Å²) in [6, 6.07) is 0. The summed E-state index contributed by atoms with van der Waals surface area (Å²) in [6.45, 7) is 14.6. The van der Waals surface area contributed by atoms with Crippen molar-refractivity contribution in [3.63, 3.8) is 0 Å². The molecule has 0 aromatic heterocycles. The van der Waals surface area contributed by atoms with E-state index < -0.39 is 0 Å². The lowest BCUT2D eigenvalue weighted by molar-refractivity contribution is 0.0762. The maximum atomic E-state index is 3.29. The zero-order valence-electron chi connectivity index (χ0n) is 12.9. The van der Waals surface area contributed by atoms with Crippen LogP contribution in [0.3, 0.4) is 0 Å². The van der Waals surface area contributed by atoms with Gasteiger partial charge >= 0.3 is 0 Å². The molecule has 3 atom stereocenters. The van der Waals surface area contributed by atoms with Crippen LogP contribution in [-0.4, -0.2) is 5.16 Å². The van der Waals surface area contributed by atoms with Gasteiger partial charge in [-0.15, -0.1) is 9.24 Å². The van der Waals surface area contributed by atoms with Gasteiger partial charge in [0, 0.05) is 0 Å². The SMILES string of the molecule is CC(C)(C)C1CCCCCCC1(P)C(C)(C)C. The lowest BCUT2D eigenvalue weighted by Crippen LogP contribution is -2.49. The fraction of sp³-hybridized carbons (Fsp3) is 1.00. The molecule has 1 aliphatic carbocycles. The van der Waals surface area contributed by atoms with Crippen LogP contribution >= 0.6 is 9.24 Å². The monoisotopic (exact) mass is 256 g/mol. The maximum absolute atomic E-state index is 3.29. The Morgan fingerprint density at radius 3 is 1.88 bits per heavy atom. The van der Waals surface area contributed by atoms with E-state index in [4.69, 9.17) is 0 Å². The Labute approximate surface area is 112 Å². The van der Waals surface area contributed by atoms with E-state index in [1.54, 1.807) is 0 Å². The van der Waals surface area contributed by atoms with Crippen molar-refractivity contribution in [1.82, 2.24) is 0 Å². The minimum atomic E-state index is 0.382. The predicted octanol–water partition coefficient (Wildman–Crippen LogP) is 5.66. The quantitative estimate of drug-likeness (QED) is 0.490. The minimum absolute atomic E-state index is 0.382. The van der Waals surface area contributed by atoms with Crippen LogP contribution in [0.2, 0.25) is 0 Å². The number of rotatable bonds is 0. The first-order chi connectivity index (χ1) is 7.59. The van der Waals surface area contributed by atoms with E-state index >= 15 is 0 Å². The van der Waals surface area contributed by atoms with E-state index in [9.17, 15) is 0 Å². The fourth-order valence-corrected chi connectivity index (χ4v) is 4.53. The van der Waals surface area contributed by atoms with Crippen LogP contribution in [0.25, 0.3) is 0 Å². The Bertz CT molecular complexity index is 243. The molecule has 0 nitrogen and oxygen atoms in total. The van der Waals surface area contributed by atoms with Gasteiger partial charge in [0.1, 0.15) is 0 Å². The van der Waals surface area contributed by atoms with Gasteiger partial charge in [-0.25, -0.2) is 0 Å². The van der Waals surface area contributed by atoms with E-state index in [0.717, 1.165) is 5.92 Å². The van der Waals surface area contributed by atoms with Crippen molar-refractivity contribution in [3.05, 3.63) is 0 Å². The third-order valence-corrected chi connectivity index (χ3v) is 6.45. The summed E-state index contributed by atoms with van der Waals surface area (Å²) in [4.78, 5) is 0. The molecular weight excluding hydrogens is 223 g/mol. The van der Waals surface area contributed by atoms with Crippen molar-refractivity contribution >= 4 is 9.24 Å². The van der Waals surface area contributed by atoms with Gasteiger partial charge in [0.2, 0.25) is 0 Å². The topological polar surface area (TPSA) is 0 Å². The van der Waals surface area contributed by atoms with Gasteiger partial charge in [-0.05, 0) is 34.7 Å². The summed E-state index contributed by atoms with van der Waals surface area (Å²) < 4.78 is 0. The highest BCUT2D eigenvalue weighted by Crippen LogP contribution is 2.55. The minimum Gasteiger partial charge on any atom is -0.130 e. The average Bonchev–Trinajstić information content (AvgIpc) is 2.07. The molecule has 0 radical (unpaired) electrons. The van der Waals surface area contributed by atoms with Gasteiger partial charge in [-0.2, -0.15) is 0 Å². The highest BCUT2D eigenvalue weighted by molar-refractivity contribution is 7.19. The van der Waals surface area contributed by atoms with Crippen LogP contribution in [-0.2, 0) is 0 Å². The van der Waals surface area contributed by atoms with Crippen molar-refractivity contribution in [1.29, 1.82) is 0 Å². The van der Waals surface area contributed by atoms with Crippen LogP contribution < -0.4 is 0 Å². The maximum Gasteiger partial charge on any atom is -0.00687 e. The molecule has 0 aromatic rings. The molecule has 0 aliphatic heterocycles. The Balaban J connectivity index is 3.07. The van der Waals surface area contributed by atoms with Crippen LogP contribution in [0.15, 0.2) is 0 Å². The van der Waals surface area contributed by atoms with Crippen molar-refractivity contribution in [2.45, 2.75) is 85.2 Å². The van der Waals surface area contributed by atoms with Crippen LogP contribution in [0.1, 0.15) is 80.1 Å². The summed E-state index contributed by atoms with van der Waals surface area (Å²) in [5.41, 5.74) is 0.805. The summed E-state index contributed by atoms with van der Waals surface area (Å²) in [5, 5.41) is 0.408. The molecule has 1 heteroatoms. The lowest BCUT2D eigenvalue weighted by Gasteiger charge is -2.53. The second-order valence-corrected chi connectivity index (χ2v) is 9.19. The number of hydrogen-bond acceptors (Lipinski definition) is 0. The first-order valence-corrected chi connectivity index (χ1v) is 7.96. The van der Waals surface area contributed by atoms with Gasteiger partial charge in [-0.3, -0.25) is 0 Å². The van der Waals surface area contributed by atoms with Crippen molar-refractivity contribution in [3.8, 4) is 0 Å². The van der Waals surface area contributed by atoms with Crippen molar-refractivity contribution in [2.24, 2.45) is 16.7 Å². The molecule has 3 unspecified atom stereocenters. The summed E-state index contributed by atoms with van der Waals surface area (Å²) in [6.07, 6.45) is 8.50. The molecule has 1 rings (SSSR count). The van der Waals surface area contributed by atoms with E-state index in [-0.39, 0.29) is 0 Å². The van der Waals surface area contributed by atoms with Gasteiger partial charge in [-0.1, -0.05) is 67.2 Å². The lowest BCUT2D eigenvalue weighted by atomic mass is 9.59. The Morgan fingerprint density at radius 2 is 1.41 bits per heavy atom. The Kier molecular flexibility index (Phi) is 4.74. The third kappa shape index (κ3) is 3.46. The van der Waals surface area contributed by atoms with E-state index in [0.29, 0.717) is 16.0 Å². The zero-order chi connectivity index (χ0) is 13.3. The van der Waals surface area contributed by atoms with E-state index in [1.807, 2.05) is 0 Å². The summed E-state index contributed by atoms with van der Waals surface area (Å²) in [7, 11) is 3.29. The van der Waals surface area contributed by atoms with E-state index in [2.05, 4.69) is 50.8 Å². The molecule has 1 fully saturated rings.